The Bertz CT molecular complexity index is 292. The van der Waals surface area contributed by atoms with Gasteiger partial charge in [0.2, 0.25) is 0 Å². The molecule has 1 saturated carbocycles. The van der Waals surface area contributed by atoms with Crippen molar-refractivity contribution in [3.8, 4) is 0 Å². The zero-order valence-electron chi connectivity index (χ0n) is 11.2. The molecule has 1 N–H and O–H groups in total. The van der Waals surface area contributed by atoms with E-state index in [1.54, 1.807) is 0 Å². The van der Waals surface area contributed by atoms with Gasteiger partial charge < -0.3 is 14.6 Å². The quantitative estimate of drug-likeness (QED) is 0.821. The molecule has 0 aromatic carbocycles. The van der Waals surface area contributed by atoms with Crippen LogP contribution in [0, 0.1) is 5.41 Å². The summed E-state index contributed by atoms with van der Waals surface area (Å²) in [4.78, 5) is 10.9. The van der Waals surface area contributed by atoms with Gasteiger partial charge >= 0.3 is 5.97 Å². The minimum absolute atomic E-state index is 0.0884. The highest BCUT2D eigenvalue weighted by Crippen LogP contribution is 2.54. The smallest absolute Gasteiger partial charge is 0.303 e. The Morgan fingerprint density at radius 1 is 1.17 bits per heavy atom. The number of hydrogen-bond donors (Lipinski definition) is 1. The van der Waals surface area contributed by atoms with Crippen LogP contribution in [-0.2, 0) is 14.3 Å². The second kappa shape index (κ2) is 5.57. The predicted molar refractivity (Wildman–Crippen MR) is 67.3 cm³/mol. The Hall–Kier alpha value is -0.610. The summed E-state index contributed by atoms with van der Waals surface area (Å²) in [6, 6.07) is 0. The van der Waals surface area contributed by atoms with Crippen molar-refractivity contribution in [2.75, 3.05) is 13.2 Å². The van der Waals surface area contributed by atoms with Crippen molar-refractivity contribution in [2.45, 2.75) is 64.1 Å². The highest BCUT2D eigenvalue weighted by Gasteiger charge is 2.55. The summed E-state index contributed by atoms with van der Waals surface area (Å²) in [5.74, 6) is -1.21. The Labute approximate surface area is 109 Å². The average Bonchev–Trinajstić information content (AvgIpc) is 2.81. The lowest BCUT2D eigenvalue weighted by Gasteiger charge is -2.50. The third-order valence-electron chi connectivity index (χ3n) is 4.52. The minimum atomic E-state index is -0.718. The Morgan fingerprint density at radius 3 is 2.44 bits per heavy atom. The van der Waals surface area contributed by atoms with Crippen LogP contribution in [0.5, 0.6) is 0 Å². The van der Waals surface area contributed by atoms with Gasteiger partial charge in [-0.05, 0) is 25.7 Å². The maximum atomic E-state index is 10.9. The molecule has 1 aliphatic heterocycles. The van der Waals surface area contributed by atoms with E-state index in [2.05, 4.69) is 6.92 Å². The number of carboxylic acids is 1. The number of rotatable bonds is 5. The highest BCUT2D eigenvalue weighted by molar-refractivity contribution is 5.66. The van der Waals surface area contributed by atoms with E-state index < -0.39 is 11.8 Å². The van der Waals surface area contributed by atoms with E-state index in [0.717, 1.165) is 38.5 Å². The van der Waals surface area contributed by atoms with Gasteiger partial charge in [0.05, 0.1) is 13.2 Å². The van der Waals surface area contributed by atoms with Crippen molar-refractivity contribution in [3.63, 3.8) is 0 Å². The number of ether oxygens (including phenoxy) is 2. The molecule has 0 aromatic rings. The molecule has 0 bridgehead atoms. The summed E-state index contributed by atoms with van der Waals surface area (Å²) in [5, 5.41) is 8.98. The van der Waals surface area contributed by atoms with E-state index in [0.29, 0.717) is 19.6 Å². The van der Waals surface area contributed by atoms with E-state index in [1.165, 1.54) is 0 Å². The first-order valence-corrected chi connectivity index (χ1v) is 7.14. The lowest BCUT2D eigenvalue weighted by atomic mass is 9.64. The molecule has 18 heavy (non-hydrogen) atoms. The predicted octanol–water partition coefficient (Wildman–Crippen LogP) is 2.95. The van der Waals surface area contributed by atoms with Gasteiger partial charge in [-0.15, -0.1) is 0 Å². The fourth-order valence-corrected chi connectivity index (χ4v) is 3.76. The van der Waals surface area contributed by atoms with Crippen LogP contribution in [0.4, 0.5) is 0 Å². The van der Waals surface area contributed by atoms with Crippen molar-refractivity contribution < 1.29 is 19.4 Å². The van der Waals surface area contributed by atoms with E-state index >= 15 is 0 Å². The summed E-state index contributed by atoms with van der Waals surface area (Å²) >= 11 is 0. The van der Waals surface area contributed by atoms with Crippen LogP contribution in [0.3, 0.4) is 0 Å². The first-order valence-electron chi connectivity index (χ1n) is 7.14. The molecule has 2 fully saturated rings. The molecular formula is C14H24O4. The summed E-state index contributed by atoms with van der Waals surface area (Å²) in [6.07, 6.45) is 7.19. The van der Waals surface area contributed by atoms with Gasteiger partial charge in [-0.3, -0.25) is 4.79 Å². The van der Waals surface area contributed by atoms with Gasteiger partial charge in [0.25, 0.3) is 0 Å². The van der Waals surface area contributed by atoms with Crippen LogP contribution in [0.2, 0.25) is 0 Å². The third kappa shape index (κ3) is 2.41. The van der Waals surface area contributed by atoms with Gasteiger partial charge in [0, 0.05) is 18.3 Å². The first-order chi connectivity index (χ1) is 8.64. The third-order valence-corrected chi connectivity index (χ3v) is 4.52. The van der Waals surface area contributed by atoms with Gasteiger partial charge in [-0.25, -0.2) is 0 Å². The first kappa shape index (κ1) is 13.8. The molecule has 2 rings (SSSR count). The Balaban J connectivity index is 2.19. The normalized spacial score (nSPS) is 30.7. The van der Waals surface area contributed by atoms with Crippen LogP contribution in [0.15, 0.2) is 0 Å². The molecule has 1 atom stereocenters. The summed E-state index contributed by atoms with van der Waals surface area (Å²) < 4.78 is 11.9. The van der Waals surface area contributed by atoms with Gasteiger partial charge in [-0.1, -0.05) is 19.8 Å². The van der Waals surface area contributed by atoms with Crippen molar-refractivity contribution >= 4 is 5.97 Å². The molecule has 0 radical (unpaired) electrons. The highest BCUT2D eigenvalue weighted by atomic mass is 16.7. The molecule has 0 aromatic heterocycles. The largest absolute Gasteiger partial charge is 0.481 e. The number of aliphatic carboxylic acids is 1. The molecule has 1 saturated heterocycles. The van der Waals surface area contributed by atoms with Crippen molar-refractivity contribution in [1.29, 1.82) is 0 Å². The van der Waals surface area contributed by atoms with Crippen molar-refractivity contribution in [3.05, 3.63) is 0 Å². The lowest BCUT2D eigenvalue weighted by Crippen LogP contribution is -2.51. The van der Waals surface area contributed by atoms with Gasteiger partial charge in [-0.2, -0.15) is 0 Å². The molecule has 1 heterocycles. The molecule has 2 aliphatic rings. The molecular weight excluding hydrogens is 232 g/mol. The molecule has 1 aliphatic carbocycles. The maximum Gasteiger partial charge on any atom is 0.303 e. The topological polar surface area (TPSA) is 55.8 Å². The lowest BCUT2D eigenvalue weighted by molar-refractivity contribution is -0.261. The van der Waals surface area contributed by atoms with E-state index in [-0.39, 0.29) is 11.8 Å². The van der Waals surface area contributed by atoms with Crippen LogP contribution in [0.1, 0.15) is 58.3 Å². The summed E-state index contributed by atoms with van der Waals surface area (Å²) in [6.45, 7) is 3.46. The monoisotopic (exact) mass is 256 g/mol. The van der Waals surface area contributed by atoms with Crippen LogP contribution < -0.4 is 0 Å². The molecule has 104 valence electrons. The number of carbonyl (C=O) groups is 1. The Morgan fingerprint density at radius 2 is 1.83 bits per heavy atom. The maximum absolute atomic E-state index is 10.9. The van der Waals surface area contributed by atoms with E-state index in [4.69, 9.17) is 14.6 Å². The molecule has 1 unspecified atom stereocenters. The number of carboxylic acid groups (broad SMARTS) is 1. The molecule has 4 nitrogen and oxygen atoms in total. The SMILES string of the molecule is CCCC1(CCC(=O)O)CCCCC12OCCO2. The van der Waals surface area contributed by atoms with Crippen LogP contribution in [-0.4, -0.2) is 30.1 Å². The number of hydrogen-bond acceptors (Lipinski definition) is 3. The molecule has 1 spiro atoms. The van der Waals surface area contributed by atoms with E-state index in [9.17, 15) is 4.79 Å². The molecule has 4 heteroatoms. The second-order valence-electron chi connectivity index (χ2n) is 5.58. The minimum Gasteiger partial charge on any atom is -0.481 e. The molecule has 0 amide bonds. The fraction of sp³-hybridized carbons (Fsp3) is 0.929. The van der Waals surface area contributed by atoms with Gasteiger partial charge in [0.1, 0.15) is 0 Å². The van der Waals surface area contributed by atoms with Crippen LogP contribution >= 0.6 is 0 Å². The average molecular weight is 256 g/mol. The zero-order chi connectivity index (χ0) is 13.1. The second-order valence-corrected chi connectivity index (χ2v) is 5.58. The zero-order valence-corrected chi connectivity index (χ0v) is 11.2. The van der Waals surface area contributed by atoms with Crippen molar-refractivity contribution in [2.24, 2.45) is 5.41 Å². The fourth-order valence-electron chi connectivity index (χ4n) is 3.76. The summed E-state index contributed by atoms with van der Waals surface area (Å²) in [7, 11) is 0. The summed E-state index contributed by atoms with van der Waals surface area (Å²) in [5.41, 5.74) is -0.0884. The van der Waals surface area contributed by atoms with E-state index in [1.807, 2.05) is 0 Å². The standard InChI is InChI=1S/C14H24O4/c1-2-6-13(9-5-12(15)16)7-3-4-8-14(13)17-10-11-18-14/h2-11H2,1H3,(H,15,16). The van der Waals surface area contributed by atoms with Gasteiger partial charge in [0.15, 0.2) is 5.79 Å². The van der Waals surface area contributed by atoms with Crippen molar-refractivity contribution in [1.82, 2.24) is 0 Å². The Kier molecular flexibility index (Phi) is 4.28. The van der Waals surface area contributed by atoms with Crippen LogP contribution in [0.25, 0.3) is 0 Å².